The van der Waals surface area contributed by atoms with Gasteiger partial charge in [-0.3, -0.25) is 4.90 Å². The van der Waals surface area contributed by atoms with E-state index in [1.54, 1.807) is 12.1 Å². The molecule has 1 aliphatic rings. The second kappa shape index (κ2) is 7.43. The minimum atomic E-state index is 0.200. The lowest BCUT2D eigenvalue weighted by Crippen LogP contribution is -2.50. The number of piperazine rings is 1. The topological polar surface area (TPSA) is 38.7 Å². The maximum absolute atomic E-state index is 8.92. The normalized spacial score (nSPS) is 16.2. The van der Waals surface area contributed by atoms with Crippen LogP contribution in [0, 0.1) is 0 Å². The molecule has 0 radical (unpaired) electrons. The molecular formula is C13H17Cl2N3OS. The van der Waals surface area contributed by atoms with Crippen LogP contribution in [0.3, 0.4) is 0 Å². The second-order valence-corrected chi connectivity index (χ2v) is 5.81. The van der Waals surface area contributed by atoms with Gasteiger partial charge in [0.1, 0.15) is 0 Å². The van der Waals surface area contributed by atoms with Crippen LogP contribution in [-0.2, 0) is 0 Å². The Labute approximate surface area is 134 Å². The fraction of sp³-hybridized carbons (Fsp3) is 0.462. The van der Waals surface area contributed by atoms with E-state index in [1.165, 1.54) is 0 Å². The Hall–Kier alpha value is -0.590. The van der Waals surface area contributed by atoms with Gasteiger partial charge < -0.3 is 15.3 Å². The van der Waals surface area contributed by atoms with Crippen molar-refractivity contribution in [2.45, 2.75) is 0 Å². The van der Waals surface area contributed by atoms with Crippen molar-refractivity contribution in [1.82, 2.24) is 9.80 Å². The van der Waals surface area contributed by atoms with E-state index in [-0.39, 0.29) is 6.61 Å². The van der Waals surface area contributed by atoms with E-state index in [4.69, 9.17) is 40.5 Å². The van der Waals surface area contributed by atoms with E-state index >= 15 is 0 Å². The fourth-order valence-corrected chi connectivity index (χ4v) is 2.69. The summed E-state index contributed by atoms with van der Waals surface area (Å²) >= 11 is 17.3. The molecule has 0 bridgehead atoms. The third-order valence-corrected chi connectivity index (χ3v) is 4.35. The quantitative estimate of drug-likeness (QED) is 0.830. The van der Waals surface area contributed by atoms with Crippen molar-refractivity contribution < 1.29 is 5.11 Å². The summed E-state index contributed by atoms with van der Waals surface area (Å²) < 4.78 is 0. The summed E-state index contributed by atoms with van der Waals surface area (Å²) in [6, 6.07) is 5.36. The van der Waals surface area contributed by atoms with Crippen molar-refractivity contribution in [3.8, 4) is 0 Å². The number of benzene rings is 1. The first-order chi connectivity index (χ1) is 9.60. The molecule has 4 nitrogen and oxygen atoms in total. The summed E-state index contributed by atoms with van der Waals surface area (Å²) in [5.41, 5.74) is 0.835. The van der Waals surface area contributed by atoms with Crippen LogP contribution in [0.4, 0.5) is 5.69 Å². The van der Waals surface area contributed by atoms with Crippen LogP contribution in [0.2, 0.25) is 10.0 Å². The zero-order valence-electron chi connectivity index (χ0n) is 11.0. The second-order valence-electron chi connectivity index (χ2n) is 4.61. The smallest absolute Gasteiger partial charge is 0.173 e. The molecule has 0 saturated carbocycles. The van der Waals surface area contributed by atoms with E-state index in [2.05, 4.69) is 15.1 Å². The van der Waals surface area contributed by atoms with Crippen LogP contribution in [0.5, 0.6) is 0 Å². The number of anilines is 1. The van der Waals surface area contributed by atoms with Crippen molar-refractivity contribution in [1.29, 1.82) is 0 Å². The molecule has 1 fully saturated rings. The van der Waals surface area contributed by atoms with E-state index in [0.29, 0.717) is 15.2 Å². The summed E-state index contributed by atoms with van der Waals surface area (Å²) in [6.07, 6.45) is 0. The summed E-state index contributed by atoms with van der Waals surface area (Å²) in [5, 5.41) is 13.8. The van der Waals surface area contributed by atoms with Crippen molar-refractivity contribution in [2.24, 2.45) is 0 Å². The minimum Gasteiger partial charge on any atom is -0.395 e. The van der Waals surface area contributed by atoms with E-state index in [9.17, 15) is 0 Å². The van der Waals surface area contributed by atoms with Gasteiger partial charge in [0.2, 0.25) is 0 Å². The van der Waals surface area contributed by atoms with Gasteiger partial charge in [-0.2, -0.15) is 0 Å². The molecule has 0 atom stereocenters. The Kier molecular flexibility index (Phi) is 5.86. The van der Waals surface area contributed by atoms with Gasteiger partial charge in [0.15, 0.2) is 5.11 Å². The highest BCUT2D eigenvalue weighted by Crippen LogP contribution is 2.25. The molecule has 1 aromatic rings. The first-order valence-electron chi connectivity index (χ1n) is 6.44. The van der Waals surface area contributed by atoms with Gasteiger partial charge in [0, 0.05) is 38.4 Å². The third kappa shape index (κ3) is 4.20. The van der Waals surface area contributed by atoms with E-state index < -0.39 is 0 Å². The van der Waals surface area contributed by atoms with Crippen molar-refractivity contribution in [3.63, 3.8) is 0 Å². The monoisotopic (exact) mass is 333 g/mol. The summed E-state index contributed by atoms with van der Waals surface area (Å²) in [6.45, 7) is 4.45. The molecule has 110 valence electrons. The Bertz CT molecular complexity index is 479. The number of hydrogen-bond acceptors (Lipinski definition) is 3. The lowest BCUT2D eigenvalue weighted by Gasteiger charge is -2.35. The number of nitrogens with zero attached hydrogens (tertiary/aromatic N) is 2. The summed E-state index contributed by atoms with van der Waals surface area (Å²) in [7, 11) is 0. The Balaban J connectivity index is 1.88. The van der Waals surface area contributed by atoms with Crippen LogP contribution in [0.15, 0.2) is 18.2 Å². The lowest BCUT2D eigenvalue weighted by atomic mass is 10.3. The Morgan fingerprint density at radius 2 is 1.90 bits per heavy atom. The molecule has 20 heavy (non-hydrogen) atoms. The molecule has 7 heteroatoms. The van der Waals surface area contributed by atoms with Gasteiger partial charge in [0.05, 0.1) is 16.7 Å². The highest BCUT2D eigenvalue weighted by Gasteiger charge is 2.18. The van der Waals surface area contributed by atoms with Crippen LogP contribution in [0.1, 0.15) is 0 Å². The predicted octanol–water partition coefficient (Wildman–Crippen LogP) is 2.30. The number of nitrogens with one attached hydrogen (secondary N) is 1. The van der Waals surface area contributed by atoms with Crippen molar-refractivity contribution >= 4 is 46.2 Å². The van der Waals surface area contributed by atoms with Crippen LogP contribution in [-0.4, -0.2) is 59.3 Å². The van der Waals surface area contributed by atoms with Gasteiger partial charge in [0.25, 0.3) is 0 Å². The van der Waals surface area contributed by atoms with Gasteiger partial charge in [-0.25, -0.2) is 0 Å². The number of β-amino-alcohol motifs (C(OH)–C–C–N with tert-alkyl or cyclic N) is 1. The van der Waals surface area contributed by atoms with Gasteiger partial charge in [-0.1, -0.05) is 23.2 Å². The maximum Gasteiger partial charge on any atom is 0.173 e. The first-order valence-corrected chi connectivity index (χ1v) is 7.61. The predicted molar refractivity (Wildman–Crippen MR) is 87.8 cm³/mol. The number of rotatable bonds is 3. The lowest BCUT2D eigenvalue weighted by molar-refractivity contribution is 0.148. The molecule has 0 aliphatic carbocycles. The molecule has 1 saturated heterocycles. The third-order valence-electron chi connectivity index (χ3n) is 3.25. The van der Waals surface area contributed by atoms with Gasteiger partial charge in [-0.05, 0) is 30.4 Å². The number of aliphatic hydroxyl groups is 1. The summed E-state index contributed by atoms with van der Waals surface area (Å²) in [5.74, 6) is 0. The van der Waals surface area contributed by atoms with Crippen molar-refractivity contribution in [3.05, 3.63) is 28.2 Å². The Morgan fingerprint density at radius 1 is 1.20 bits per heavy atom. The molecule has 2 N–H and O–H groups in total. The molecule has 1 aliphatic heterocycles. The van der Waals surface area contributed by atoms with E-state index in [0.717, 1.165) is 38.4 Å². The number of hydrogen-bond donors (Lipinski definition) is 2. The zero-order valence-corrected chi connectivity index (χ0v) is 13.3. The van der Waals surface area contributed by atoms with E-state index in [1.807, 2.05) is 6.07 Å². The van der Waals surface area contributed by atoms with Gasteiger partial charge in [-0.15, -0.1) is 0 Å². The largest absolute Gasteiger partial charge is 0.395 e. The molecule has 0 unspecified atom stereocenters. The maximum atomic E-state index is 8.92. The number of thiocarbonyl (C=S) groups is 1. The number of aliphatic hydroxyl groups excluding tert-OH is 1. The molecule has 0 spiro atoms. The SMILES string of the molecule is OCCN1CCN(C(=S)Nc2ccc(Cl)c(Cl)c2)CC1. The average Bonchev–Trinajstić information content (AvgIpc) is 2.44. The van der Waals surface area contributed by atoms with Crippen molar-refractivity contribution in [2.75, 3.05) is 44.6 Å². The molecule has 1 heterocycles. The molecule has 0 amide bonds. The molecule has 1 aromatic carbocycles. The molecular weight excluding hydrogens is 317 g/mol. The average molecular weight is 334 g/mol. The molecule has 2 rings (SSSR count). The zero-order chi connectivity index (χ0) is 14.5. The minimum absolute atomic E-state index is 0.200. The first kappa shape index (κ1) is 15.8. The highest BCUT2D eigenvalue weighted by molar-refractivity contribution is 7.80. The Morgan fingerprint density at radius 3 is 2.50 bits per heavy atom. The fourth-order valence-electron chi connectivity index (χ4n) is 2.09. The number of halogens is 2. The summed E-state index contributed by atoms with van der Waals surface area (Å²) in [4.78, 5) is 4.34. The van der Waals surface area contributed by atoms with Gasteiger partial charge >= 0.3 is 0 Å². The molecule has 0 aromatic heterocycles. The van der Waals surface area contributed by atoms with Crippen LogP contribution < -0.4 is 5.32 Å². The standard InChI is InChI=1S/C13H17Cl2N3OS/c14-11-2-1-10(9-12(11)15)16-13(20)18-5-3-17(4-6-18)7-8-19/h1-2,9,19H,3-8H2,(H,16,20). The van der Waals surface area contributed by atoms with Crippen LogP contribution in [0.25, 0.3) is 0 Å². The highest BCUT2D eigenvalue weighted by atomic mass is 35.5. The van der Waals surface area contributed by atoms with Crippen LogP contribution >= 0.6 is 35.4 Å².